The van der Waals surface area contributed by atoms with E-state index in [1.807, 2.05) is 13.8 Å². The summed E-state index contributed by atoms with van der Waals surface area (Å²) >= 11 is 1.48. The van der Waals surface area contributed by atoms with Gasteiger partial charge in [-0.25, -0.2) is 9.78 Å². The van der Waals surface area contributed by atoms with E-state index in [9.17, 15) is 14.7 Å². The third-order valence-corrected chi connectivity index (χ3v) is 5.99. The van der Waals surface area contributed by atoms with E-state index in [-0.39, 0.29) is 17.9 Å². The summed E-state index contributed by atoms with van der Waals surface area (Å²) in [6.07, 6.45) is 4.76. The van der Waals surface area contributed by atoms with E-state index in [1.165, 1.54) is 11.3 Å². The molecule has 3 atom stereocenters. The molecule has 1 N–H and O–H groups in total. The highest BCUT2D eigenvalue weighted by atomic mass is 32.1. The molecule has 0 spiro atoms. The first-order chi connectivity index (χ1) is 10.5. The van der Waals surface area contributed by atoms with Gasteiger partial charge in [0.25, 0.3) is 5.91 Å². The third-order valence-electron chi connectivity index (χ3n) is 4.84. The van der Waals surface area contributed by atoms with E-state index < -0.39 is 12.0 Å². The average Bonchev–Trinajstić information content (AvgIpc) is 3.11. The molecule has 1 aromatic rings. The normalized spacial score (nSPS) is 28.0. The van der Waals surface area contributed by atoms with Gasteiger partial charge in [-0.15, -0.1) is 11.3 Å². The molecule has 1 amide bonds. The maximum absolute atomic E-state index is 12.9. The van der Waals surface area contributed by atoms with Crippen LogP contribution in [-0.4, -0.2) is 39.0 Å². The number of amides is 1. The van der Waals surface area contributed by atoms with E-state index in [4.69, 9.17) is 0 Å². The van der Waals surface area contributed by atoms with Crippen LogP contribution in [0.1, 0.15) is 67.4 Å². The lowest BCUT2D eigenvalue weighted by Crippen LogP contribution is -2.46. The van der Waals surface area contributed by atoms with Gasteiger partial charge in [-0.3, -0.25) is 4.79 Å². The van der Waals surface area contributed by atoms with E-state index in [2.05, 4.69) is 4.98 Å². The van der Waals surface area contributed by atoms with Crippen LogP contribution >= 0.6 is 11.3 Å². The molecule has 0 radical (unpaired) electrons. The van der Waals surface area contributed by atoms with Crippen molar-refractivity contribution in [1.29, 1.82) is 0 Å². The number of aliphatic carboxylic acids is 1. The number of fused-ring (bicyclic) bond motifs is 1. The van der Waals surface area contributed by atoms with Gasteiger partial charge in [-0.2, -0.15) is 0 Å². The number of likely N-dealkylation sites (tertiary alicyclic amines) is 1. The molecule has 1 aliphatic carbocycles. The molecule has 3 unspecified atom stereocenters. The predicted octanol–water partition coefficient (Wildman–Crippen LogP) is 3.12. The number of hydrogen-bond acceptors (Lipinski definition) is 4. The summed E-state index contributed by atoms with van der Waals surface area (Å²) in [5.41, 5.74) is 0.408. The third kappa shape index (κ3) is 2.64. The molecule has 3 rings (SSSR count). The molecule has 22 heavy (non-hydrogen) atoms. The molecular weight excluding hydrogens is 300 g/mol. The maximum Gasteiger partial charge on any atom is 0.326 e. The molecule has 120 valence electrons. The Bertz CT molecular complexity index is 584. The molecule has 0 bridgehead atoms. The van der Waals surface area contributed by atoms with Gasteiger partial charge in [0.1, 0.15) is 11.7 Å². The van der Waals surface area contributed by atoms with Crippen molar-refractivity contribution >= 4 is 23.2 Å². The summed E-state index contributed by atoms with van der Waals surface area (Å²) in [6, 6.07) is -0.614. The van der Waals surface area contributed by atoms with Gasteiger partial charge in [-0.05, 0) is 25.2 Å². The molecule has 2 fully saturated rings. The number of aromatic nitrogens is 1. The predicted molar refractivity (Wildman–Crippen MR) is 84.2 cm³/mol. The van der Waals surface area contributed by atoms with Crippen LogP contribution in [0.25, 0.3) is 0 Å². The first-order valence-electron chi connectivity index (χ1n) is 8.00. The largest absolute Gasteiger partial charge is 0.480 e. The molecule has 0 aromatic carbocycles. The van der Waals surface area contributed by atoms with E-state index >= 15 is 0 Å². The Morgan fingerprint density at radius 2 is 2.09 bits per heavy atom. The molecule has 6 heteroatoms. The molecule has 1 saturated heterocycles. The van der Waals surface area contributed by atoms with Gasteiger partial charge in [-0.1, -0.05) is 26.7 Å². The van der Waals surface area contributed by atoms with Gasteiger partial charge in [0.2, 0.25) is 0 Å². The Morgan fingerprint density at radius 1 is 1.36 bits per heavy atom. The Kier molecular flexibility index (Phi) is 4.21. The lowest BCUT2D eigenvalue weighted by molar-refractivity contribution is -0.141. The van der Waals surface area contributed by atoms with E-state index in [0.29, 0.717) is 18.0 Å². The Morgan fingerprint density at radius 3 is 2.73 bits per heavy atom. The van der Waals surface area contributed by atoms with Crippen LogP contribution in [0, 0.1) is 5.92 Å². The smallest absolute Gasteiger partial charge is 0.326 e. The summed E-state index contributed by atoms with van der Waals surface area (Å²) in [5.74, 6) is -0.475. The quantitative estimate of drug-likeness (QED) is 0.928. The van der Waals surface area contributed by atoms with Crippen molar-refractivity contribution in [3.8, 4) is 0 Å². The van der Waals surface area contributed by atoms with Crippen molar-refractivity contribution in [3.05, 3.63) is 16.1 Å². The van der Waals surface area contributed by atoms with Crippen LogP contribution in [-0.2, 0) is 4.79 Å². The van der Waals surface area contributed by atoms with Crippen LogP contribution in [0.4, 0.5) is 0 Å². The van der Waals surface area contributed by atoms with Gasteiger partial charge >= 0.3 is 5.97 Å². The molecule has 1 saturated carbocycles. The average molecular weight is 322 g/mol. The fourth-order valence-corrected chi connectivity index (χ4v) is 4.57. The molecule has 1 aromatic heterocycles. The van der Waals surface area contributed by atoms with Crippen molar-refractivity contribution in [2.45, 2.75) is 64.0 Å². The fourth-order valence-electron chi connectivity index (χ4n) is 3.76. The standard InChI is InChI=1S/C16H22N2O3S/c1-9(2)14-17-11(8-22-14)15(19)18-12-6-4-3-5-10(12)7-13(18)16(20)21/h8-10,12-13H,3-7H2,1-2H3,(H,20,21). The number of thiazole rings is 1. The second kappa shape index (κ2) is 5.99. The topological polar surface area (TPSA) is 70.5 Å². The lowest BCUT2D eigenvalue weighted by Gasteiger charge is -2.32. The summed E-state index contributed by atoms with van der Waals surface area (Å²) in [6.45, 7) is 4.08. The van der Waals surface area contributed by atoms with Crippen molar-refractivity contribution in [3.63, 3.8) is 0 Å². The van der Waals surface area contributed by atoms with E-state index in [1.54, 1.807) is 10.3 Å². The molecule has 2 aliphatic rings. The highest BCUT2D eigenvalue weighted by Crippen LogP contribution is 2.40. The van der Waals surface area contributed by atoms with Crippen molar-refractivity contribution in [2.24, 2.45) is 5.92 Å². The van der Waals surface area contributed by atoms with E-state index in [0.717, 1.165) is 30.7 Å². The summed E-state index contributed by atoms with van der Waals surface area (Å²) < 4.78 is 0. The van der Waals surface area contributed by atoms with Crippen LogP contribution in [0.2, 0.25) is 0 Å². The zero-order chi connectivity index (χ0) is 15.9. The number of carboxylic acid groups (broad SMARTS) is 1. The lowest BCUT2D eigenvalue weighted by atomic mass is 9.84. The highest BCUT2D eigenvalue weighted by Gasteiger charge is 2.48. The zero-order valence-corrected chi connectivity index (χ0v) is 13.8. The minimum absolute atomic E-state index is 0.0755. The van der Waals surface area contributed by atoms with Crippen molar-refractivity contribution in [2.75, 3.05) is 0 Å². The van der Waals surface area contributed by atoms with Gasteiger partial charge < -0.3 is 10.0 Å². The minimum atomic E-state index is -0.887. The Labute approximate surface area is 134 Å². The number of carbonyl (C=O) groups excluding carboxylic acids is 1. The van der Waals surface area contributed by atoms with Crippen LogP contribution < -0.4 is 0 Å². The van der Waals surface area contributed by atoms with Gasteiger partial charge in [0, 0.05) is 17.3 Å². The molecule has 1 aliphatic heterocycles. The van der Waals surface area contributed by atoms with Gasteiger partial charge in [0.15, 0.2) is 0 Å². The number of nitrogens with zero attached hydrogens (tertiary/aromatic N) is 2. The van der Waals surface area contributed by atoms with Gasteiger partial charge in [0.05, 0.1) is 5.01 Å². The fraction of sp³-hybridized carbons (Fsp3) is 0.688. The summed E-state index contributed by atoms with van der Waals surface area (Å²) in [5, 5.41) is 12.2. The van der Waals surface area contributed by atoms with Crippen molar-refractivity contribution < 1.29 is 14.7 Å². The van der Waals surface area contributed by atoms with Crippen molar-refractivity contribution in [1.82, 2.24) is 9.88 Å². The number of carbonyl (C=O) groups is 2. The monoisotopic (exact) mass is 322 g/mol. The SMILES string of the molecule is CC(C)c1nc(C(=O)N2C(C(=O)O)CC3CCCCC32)cs1. The number of hydrogen-bond donors (Lipinski definition) is 1. The molecule has 5 nitrogen and oxygen atoms in total. The first-order valence-corrected chi connectivity index (χ1v) is 8.88. The van der Waals surface area contributed by atoms with Crippen LogP contribution in [0.3, 0.4) is 0 Å². The first kappa shape index (κ1) is 15.5. The number of carboxylic acids is 1. The van der Waals surface area contributed by atoms with Crippen LogP contribution in [0.5, 0.6) is 0 Å². The Balaban J connectivity index is 1.88. The summed E-state index contributed by atoms with van der Waals surface area (Å²) in [7, 11) is 0. The second-order valence-corrected chi connectivity index (χ2v) is 7.53. The second-order valence-electron chi connectivity index (χ2n) is 6.64. The Hall–Kier alpha value is -1.43. The maximum atomic E-state index is 12.9. The minimum Gasteiger partial charge on any atom is -0.480 e. The summed E-state index contributed by atoms with van der Waals surface area (Å²) in [4.78, 5) is 30.5. The van der Waals surface area contributed by atoms with Crippen LogP contribution in [0.15, 0.2) is 5.38 Å². The number of rotatable bonds is 3. The molecule has 2 heterocycles. The molecular formula is C16H22N2O3S. The zero-order valence-electron chi connectivity index (χ0n) is 13.0. The highest BCUT2D eigenvalue weighted by molar-refractivity contribution is 7.09.